The van der Waals surface area contributed by atoms with Gasteiger partial charge in [0.1, 0.15) is 5.75 Å². The van der Waals surface area contributed by atoms with E-state index in [1.807, 2.05) is 0 Å². The Labute approximate surface area is 150 Å². The molecule has 6 nitrogen and oxygen atoms in total. The van der Waals surface area contributed by atoms with Gasteiger partial charge in [-0.3, -0.25) is 4.79 Å². The van der Waals surface area contributed by atoms with Crippen molar-refractivity contribution in [3.63, 3.8) is 0 Å². The Kier molecular flexibility index (Phi) is 6.40. The summed E-state index contributed by atoms with van der Waals surface area (Å²) in [6.45, 7) is -1.27. The first kappa shape index (κ1) is 19.5. The van der Waals surface area contributed by atoms with Crippen LogP contribution in [0.3, 0.4) is 0 Å². The molecule has 0 saturated carbocycles. The smallest absolute Gasteiger partial charge is 0.416 e. The minimum Gasteiger partial charge on any atom is -0.482 e. The van der Waals surface area contributed by atoms with Gasteiger partial charge in [-0.1, -0.05) is 17.7 Å². The first-order valence-electron chi connectivity index (χ1n) is 7.12. The van der Waals surface area contributed by atoms with Gasteiger partial charge in [-0.25, -0.2) is 9.78 Å². The van der Waals surface area contributed by atoms with Crippen molar-refractivity contribution in [3.8, 4) is 5.75 Å². The molecule has 0 aliphatic rings. The molecule has 1 aromatic heterocycles. The quantitative estimate of drug-likeness (QED) is 0.607. The lowest BCUT2D eigenvalue weighted by molar-refractivity contribution is -0.149. The lowest BCUT2D eigenvalue weighted by atomic mass is 10.2. The zero-order valence-corrected chi connectivity index (χ0v) is 13.8. The van der Waals surface area contributed by atoms with Crippen LogP contribution in [0.2, 0.25) is 5.15 Å². The molecular weight excluding hydrogens is 377 g/mol. The number of alkyl halides is 3. The largest absolute Gasteiger partial charge is 0.482 e. The predicted molar refractivity (Wildman–Crippen MR) is 85.8 cm³/mol. The number of benzene rings is 1. The molecule has 0 spiro atoms. The number of ether oxygens (including phenoxy) is 2. The van der Waals surface area contributed by atoms with Crippen LogP contribution in [-0.2, 0) is 20.5 Å². The van der Waals surface area contributed by atoms with E-state index in [0.717, 1.165) is 18.2 Å². The van der Waals surface area contributed by atoms with Crippen LogP contribution in [0.15, 0.2) is 42.6 Å². The molecular formula is C16H12ClF3N2O4. The van der Waals surface area contributed by atoms with Gasteiger partial charge in [-0.15, -0.1) is 0 Å². The van der Waals surface area contributed by atoms with E-state index in [1.165, 1.54) is 18.3 Å². The summed E-state index contributed by atoms with van der Waals surface area (Å²) in [5, 5.41) is 2.46. The monoisotopic (exact) mass is 388 g/mol. The number of halogens is 4. The number of esters is 1. The summed E-state index contributed by atoms with van der Waals surface area (Å²) in [6, 6.07) is 7.10. The Morgan fingerprint density at radius 1 is 1.15 bits per heavy atom. The summed E-state index contributed by atoms with van der Waals surface area (Å²) in [5.74, 6) is -1.73. The van der Waals surface area contributed by atoms with Crippen LogP contribution in [0.5, 0.6) is 5.75 Å². The SMILES string of the molecule is O=C(COC(=O)COc1cccc(C(F)(F)F)c1)Nc1cccnc1Cl. The van der Waals surface area contributed by atoms with Crippen molar-refractivity contribution in [2.45, 2.75) is 6.18 Å². The summed E-state index contributed by atoms with van der Waals surface area (Å²) >= 11 is 5.76. The standard InChI is InChI=1S/C16H12ClF3N2O4/c17-15-12(5-2-6-21-15)22-13(23)8-26-14(24)9-25-11-4-1-3-10(7-11)16(18,19)20/h1-7H,8-9H2,(H,22,23). The van der Waals surface area contributed by atoms with Crippen LogP contribution in [0.4, 0.5) is 18.9 Å². The van der Waals surface area contributed by atoms with Crippen molar-refractivity contribution in [3.05, 3.63) is 53.3 Å². The zero-order chi connectivity index (χ0) is 19.2. The number of nitrogens with zero attached hydrogens (tertiary/aromatic N) is 1. The molecule has 2 rings (SSSR count). The predicted octanol–water partition coefficient (Wildman–Crippen LogP) is 3.31. The maximum absolute atomic E-state index is 12.6. The van der Waals surface area contributed by atoms with E-state index in [2.05, 4.69) is 15.0 Å². The van der Waals surface area contributed by atoms with Crippen molar-refractivity contribution in [2.75, 3.05) is 18.5 Å². The molecule has 0 unspecified atom stereocenters. The van der Waals surface area contributed by atoms with E-state index in [0.29, 0.717) is 0 Å². The molecule has 26 heavy (non-hydrogen) atoms. The number of carbonyl (C=O) groups excluding carboxylic acids is 2. The molecule has 1 aromatic carbocycles. The van der Waals surface area contributed by atoms with Gasteiger partial charge in [-0.05, 0) is 30.3 Å². The Balaban J connectivity index is 1.79. The third-order valence-electron chi connectivity index (χ3n) is 2.92. The van der Waals surface area contributed by atoms with Gasteiger partial charge in [0.05, 0.1) is 11.3 Å². The molecule has 0 radical (unpaired) electrons. The maximum Gasteiger partial charge on any atom is 0.416 e. The minimum absolute atomic E-state index is 0.0695. The number of amides is 1. The molecule has 0 aliphatic heterocycles. The number of aromatic nitrogens is 1. The molecule has 1 N–H and O–H groups in total. The van der Waals surface area contributed by atoms with E-state index in [9.17, 15) is 22.8 Å². The van der Waals surface area contributed by atoms with Crippen molar-refractivity contribution in [2.24, 2.45) is 0 Å². The molecule has 2 aromatic rings. The van der Waals surface area contributed by atoms with Gasteiger partial charge >= 0.3 is 12.1 Å². The molecule has 10 heteroatoms. The first-order valence-corrected chi connectivity index (χ1v) is 7.49. The fraction of sp³-hybridized carbons (Fsp3) is 0.188. The Morgan fingerprint density at radius 3 is 2.62 bits per heavy atom. The van der Waals surface area contributed by atoms with Crippen molar-refractivity contribution in [1.82, 2.24) is 4.98 Å². The number of hydrogen-bond donors (Lipinski definition) is 1. The highest BCUT2D eigenvalue weighted by Crippen LogP contribution is 2.31. The molecule has 1 heterocycles. The third kappa shape index (κ3) is 5.92. The van der Waals surface area contributed by atoms with Crippen molar-refractivity contribution >= 4 is 29.2 Å². The Morgan fingerprint density at radius 2 is 1.92 bits per heavy atom. The van der Waals surface area contributed by atoms with Gasteiger partial charge in [0.15, 0.2) is 18.4 Å². The van der Waals surface area contributed by atoms with E-state index in [-0.39, 0.29) is 16.6 Å². The van der Waals surface area contributed by atoms with Gasteiger partial charge < -0.3 is 14.8 Å². The molecule has 138 valence electrons. The normalized spacial score (nSPS) is 10.9. The third-order valence-corrected chi connectivity index (χ3v) is 3.22. The summed E-state index contributed by atoms with van der Waals surface area (Å²) in [7, 11) is 0. The van der Waals surface area contributed by atoms with Crippen LogP contribution >= 0.6 is 11.6 Å². The summed E-state index contributed by atoms with van der Waals surface area (Å²) in [4.78, 5) is 26.9. The number of hydrogen-bond acceptors (Lipinski definition) is 5. The Bertz CT molecular complexity index is 799. The lowest BCUT2D eigenvalue weighted by Gasteiger charge is -2.10. The first-order chi connectivity index (χ1) is 12.3. The van der Waals surface area contributed by atoms with E-state index in [4.69, 9.17) is 16.3 Å². The molecule has 0 aliphatic carbocycles. The number of pyridine rings is 1. The maximum atomic E-state index is 12.6. The minimum atomic E-state index is -4.52. The van der Waals surface area contributed by atoms with Gasteiger partial charge in [-0.2, -0.15) is 13.2 Å². The van der Waals surface area contributed by atoms with E-state index in [1.54, 1.807) is 6.07 Å². The van der Waals surface area contributed by atoms with Crippen molar-refractivity contribution < 1.29 is 32.2 Å². The second-order valence-corrected chi connectivity index (χ2v) is 5.22. The highest BCUT2D eigenvalue weighted by molar-refractivity contribution is 6.32. The second kappa shape index (κ2) is 8.52. The molecule has 1 amide bonds. The van der Waals surface area contributed by atoms with Crippen LogP contribution < -0.4 is 10.1 Å². The van der Waals surface area contributed by atoms with Crippen molar-refractivity contribution in [1.29, 1.82) is 0 Å². The zero-order valence-electron chi connectivity index (χ0n) is 13.0. The molecule has 0 saturated heterocycles. The topological polar surface area (TPSA) is 77.5 Å². The number of nitrogens with one attached hydrogen (secondary N) is 1. The van der Waals surface area contributed by atoms with Gasteiger partial charge in [0, 0.05) is 6.20 Å². The number of carbonyl (C=O) groups is 2. The average Bonchev–Trinajstić information content (AvgIpc) is 2.60. The number of anilines is 1. The number of rotatable bonds is 6. The fourth-order valence-electron chi connectivity index (χ4n) is 1.76. The second-order valence-electron chi connectivity index (χ2n) is 4.86. The highest BCUT2D eigenvalue weighted by atomic mass is 35.5. The fourth-order valence-corrected chi connectivity index (χ4v) is 1.92. The summed E-state index contributed by atoms with van der Waals surface area (Å²) < 4.78 is 47.3. The lowest BCUT2D eigenvalue weighted by Crippen LogP contribution is -2.23. The van der Waals surface area contributed by atoms with Gasteiger partial charge in [0.2, 0.25) is 0 Å². The molecule has 0 bridgehead atoms. The summed E-state index contributed by atoms with van der Waals surface area (Å²) in [6.07, 6.45) is -3.09. The molecule has 0 fully saturated rings. The van der Waals surface area contributed by atoms with Crippen LogP contribution in [0.1, 0.15) is 5.56 Å². The highest BCUT2D eigenvalue weighted by Gasteiger charge is 2.30. The van der Waals surface area contributed by atoms with E-state index < -0.39 is 36.8 Å². The average molecular weight is 389 g/mol. The summed E-state index contributed by atoms with van der Waals surface area (Å²) in [5.41, 5.74) is -0.661. The van der Waals surface area contributed by atoms with Gasteiger partial charge in [0.25, 0.3) is 5.91 Å². The molecule has 0 atom stereocenters. The van der Waals surface area contributed by atoms with Crippen LogP contribution in [-0.4, -0.2) is 30.1 Å². The van der Waals surface area contributed by atoms with Crippen LogP contribution in [0, 0.1) is 0 Å². The van der Waals surface area contributed by atoms with E-state index >= 15 is 0 Å². The Hall–Kier alpha value is -2.81. The van der Waals surface area contributed by atoms with Crippen LogP contribution in [0.25, 0.3) is 0 Å².